The SMILES string of the molecule is O=C(CCN1CCCN2CCC[C@@H]2C1)N1CCc2ccccc21. The minimum atomic E-state index is 0.294. The van der Waals surface area contributed by atoms with Gasteiger partial charge in [-0.05, 0) is 56.9 Å². The lowest BCUT2D eigenvalue weighted by Gasteiger charge is -2.26. The first-order chi connectivity index (χ1) is 11.3. The minimum absolute atomic E-state index is 0.294. The highest BCUT2D eigenvalue weighted by molar-refractivity contribution is 5.95. The number of carbonyl (C=O) groups is 1. The molecule has 1 atom stereocenters. The van der Waals surface area contributed by atoms with Crippen LogP contribution in [0.1, 0.15) is 31.2 Å². The zero-order chi connectivity index (χ0) is 15.6. The van der Waals surface area contributed by atoms with Gasteiger partial charge in [-0.15, -0.1) is 0 Å². The third-order valence-electron chi connectivity index (χ3n) is 5.72. The topological polar surface area (TPSA) is 26.8 Å². The van der Waals surface area contributed by atoms with Crippen molar-refractivity contribution in [1.29, 1.82) is 0 Å². The molecular formula is C19H27N3O. The van der Waals surface area contributed by atoms with E-state index in [0.717, 1.165) is 44.3 Å². The summed E-state index contributed by atoms with van der Waals surface area (Å²) in [6, 6.07) is 9.07. The first kappa shape index (κ1) is 15.2. The average molecular weight is 313 g/mol. The molecule has 0 N–H and O–H groups in total. The van der Waals surface area contributed by atoms with Crippen LogP contribution in [0.2, 0.25) is 0 Å². The van der Waals surface area contributed by atoms with Gasteiger partial charge in [0.2, 0.25) is 5.91 Å². The van der Waals surface area contributed by atoms with Crippen LogP contribution in [0.4, 0.5) is 5.69 Å². The lowest BCUT2D eigenvalue weighted by molar-refractivity contribution is -0.118. The van der Waals surface area contributed by atoms with E-state index in [1.165, 1.54) is 37.9 Å². The van der Waals surface area contributed by atoms with Crippen molar-refractivity contribution in [2.45, 2.75) is 38.1 Å². The van der Waals surface area contributed by atoms with Gasteiger partial charge in [-0.1, -0.05) is 18.2 Å². The normalized spacial score (nSPS) is 25.2. The maximum atomic E-state index is 12.7. The molecule has 1 amide bonds. The molecular weight excluding hydrogens is 286 g/mol. The molecule has 4 rings (SSSR count). The summed E-state index contributed by atoms with van der Waals surface area (Å²) in [7, 11) is 0. The van der Waals surface area contributed by atoms with E-state index >= 15 is 0 Å². The van der Waals surface area contributed by atoms with Crippen LogP contribution in [0.15, 0.2) is 24.3 Å². The molecule has 23 heavy (non-hydrogen) atoms. The van der Waals surface area contributed by atoms with Gasteiger partial charge in [0, 0.05) is 37.8 Å². The lowest BCUT2D eigenvalue weighted by Crippen LogP contribution is -2.38. The van der Waals surface area contributed by atoms with Gasteiger partial charge in [-0.25, -0.2) is 0 Å². The second-order valence-corrected chi connectivity index (χ2v) is 7.16. The Hall–Kier alpha value is -1.39. The molecule has 3 aliphatic rings. The van der Waals surface area contributed by atoms with Gasteiger partial charge in [-0.3, -0.25) is 9.69 Å². The van der Waals surface area contributed by atoms with E-state index in [1.807, 2.05) is 11.0 Å². The Labute approximate surface area is 139 Å². The maximum absolute atomic E-state index is 12.7. The predicted molar refractivity (Wildman–Crippen MR) is 92.8 cm³/mol. The van der Waals surface area contributed by atoms with Crippen molar-refractivity contribution in [2.75, 3.05) is 44.2 Å². The van der Waals surface area contributed by atoms with Crippen molar-refractivity contribution >= 4 is 11.6 Å². The molecule has 124 valence electrons. The van der Waals surface area contributed by atoms with Crippen molar-refractivity contribution < 1.29 is 4.79 Å². The molecule has 0 radical (unpaired) electrons. The van der Waals surface area contributed by atoms with Gasteiger partial charge in [0.25, 0.3) is 0 Å². The van der Waals surface area contributed by atoms with Crippen LogP contribution in [0, 0.1) is 0 Å². The summed E-state index contributed by atoms with van der Waals surface area (Å²) in [5.74, 6) is 0.294. The Kier molecular flexibility index (Phi) is 4.36. The molecule has 0 aliphatic carbocycles. The summed E-state index contributed by atoms with van der Waals surface area (Å²) in [6.45, 7) is 6.60. The Morgan fingerprint density at radius 2 is 1.96 bits per heavy atom. The van der Waals surface area contributed by atoms with Crippen LogP contribution in [0.25, 0.3) is 0 Å². The van der Waals surface area contributed by atoms with Crippen LogP contribution in [-0.4, -0.2) is 61.0 Å². The molecule has 0 unspecified atom stereocenters. The summed E-state index contributed by atoms with van der Waals surface area (Å²) in [5.41, 5.74) is 2.45. The number of hydrogen-bond donors (Lipinski definition) is 0. The lowest BCUT2D eigenvalue weighted by atomic mass is 10.2. The summed E-state index contributed by atoms with van der Waals surface area (Å²) in [4.78, 5) is 19.8. The third kappa shape index (κ3) is 3.15. The van der Waals surface area contributed by atoms with Gasteiger partial charge >= 0.3 is 0 Å². The molecule has 0 aromatic heterocycles. The van der Waals surface area contributed by atoms with Gasteiger partial charge in [0.15, 0.2) is 0 Å². The first-order valence-corrected chi connectivity index (χ1v) is 9.16. The van der Waals surface area contributed by atoms with E-state index in [-0.39, 0.29) is 0 Å². The number of carbonyl (C=O) groups excluding carboxylic acids is 1. The molecule has 2 saturated heterocycles. The summed E-state index contributed by atoms with van der Waals surface area (Å²) in [5, 5.41) is 0. The van der Waals surface area contributed by atoms with E-state index in [2.05, 4.69) is 28.0 Å². The molecule has 0 bridgehead atoms. The maximum Gasteiger partial charge on any atom is 0.228 e. The highest BCUT2D eigenvalue weighted by Crippen LogP contribution is 2.28. The molecule has 4 heteroatoms. The van der Waals surface area contributed by atoms with Crippen LogP contribution in [0.5, 0.6) is 0 Å². The highest BCUT2D eigenvalue weighted by atomic mass is 16.2. The fourth-order valence-corrected chi connectivity index (χ4v) is 4.47. The molecule has 0 saturated carbocycles. The predicted octanol–water partition coefficient (Wildman–Crippen LogP) is 2.14. The van der Waals surface area contributed by atoms with E-state index < -0.39 is 0 Å². The molecule has 1 aromatic carbocycles. The van der Waals surface area contributed by atoms with Gasteiger partial charge < -0.3 is 9.80 Å². The number of para-hydroxylation sites is 1. The second-order valence-electron chi connectivity index (χ2n) is 7.16. The van der Waals surface area contributed by atoms with Crippen molar-refractivity contribution in [1.82, 2.24) is 9.80 Å². The summed E-state index contributed by atoms with van der Waals surface area (Å²) < 4.78 is 0. The Morgan fingerprint density at radius 3 is 2.91 bits per heavy atom. The van der Waals surface area contributed by atoms with Gasteiger partial charge in [-0.2, -0.15) is 0 Å². The fourth-order valence-electron chi connectivity index (χ4n) is 4.47. The molecule has 2 fully saturated rings. The number of nitrogens with zero attached hydrogens (tertiary/aromatic N) is 3. The Morgan fingerprint density at radius 1 is 1.09 bits per heavy atom. The van der Waals surface area contributed by atoms with Crippen molar-refractivity contribution in [3.8, 4) is 0 Å². The second kappa shape index (κ2) is 6.62. The minimum Gasteiger partial charge on any atom is -0.312 e. The van der Waals surface area contributed by atoms with Gasteiger partial charge in [0.1, 0.15) is 0 Å². The van der Waals surface area contributed by atoms with Crippen molar-refractivity contribution in [2.24, 2.45) is 0 Å². The molecule has 3 aliphatic heterocycles. The average Bonchev–Trinajstić information content (AvgIpc) is 3.15. The Balaban J connectivity index is 1.33. The van der Waals surface area contributed by atoms with E-state index in [0.29, 0.717) is 12.3 Å². The standard InChI is InChI=1S/C19H27N3O/c23-19(22-14-8-16-5-1-2-7-18(16)22)9-13-20-10-4-12-21-11-3-6-17(21)15-20/h1-2,5,7,17H,3-4,6,8-15H2/t17-/m1/s1. The van der Waals surface area contributed by atoms with Gasteiger partial charge in [0.05, 0.1) is 0 Å². The first-order valence-electron chi connectivity index (χ1n) is 9.16. The number of rotatable bonds is 3. The zero-order valence-corrected chi connectivity index (χ0v) is 13.9. The number of anilines is 1. The van der Waals surface area contributed by atoms with Crippen LogP contribution >= 0.6 is 0 Å². The third-order valence-corrected chi connectivity index (χ3v) is 5.72. The number of fused-ring (bicyclic) bond motifs is 2. The molecule has 1 aromatic rings. The van der Waals surface area contributed by atoms with Crippen LogP contribution < -0.4 is 4.90 Å². The molecule has 4 nitrogen and oxygen atoms in total. The number of hydrogen-bond acceptors (Lipinski definition) is 3. The quantitative estimate of drug-likeness (QED) is 0.855. The summed E-state index contributed by atoms with van der Waals surface area (Å²) in [6.07, 6.45) is 5.59. The van der Waals surface area contributed by atoms with E-state index in [1.54, 1.807) is 0 Å². The van der Waals surface area contributed by atoms with Crippen molar-refractivity contribution in [3.63, 3.8) is 0 Å². The fraction of sp³-hybridized carbons (Fsp3) is 0.632. The van der Waals surface area contributed by atoms with Crippen LogP contribution in [-0.2, 0) is 11.2 Å². The molecule has 3 heterocycles. The van der Waals surface area contributed by atoms with E-state index in [4.69, 9.17) is 0 Å². The molecule has 0 spiro atoms. The largest absolute Gasteiger partial charge is 0.312 e. The zero-order valence-electron chi connectivity index (χ0n) is 13.9. The van der Waals surface area contributed by atoms with E-state index in [9.17, 15) is 4.79 Å². The highest BCUT2D eigenvalue weighted by Gasteiger charge is 2.29. The number of benzene rings is 1. The van der Waals surface area contributed by atoms with Crippen molar-refractivity contribution in [3.05, 3.63) is 29.8 Å². The smallest absolute Gasteiger partial charge is 0.228 e. The summed E-state index contributed by atoms with van der Waals surface area (Å²) >= 11 is 0. The van der Waals surface area contributed by atoms with Crippen LogP contribution in [0.3, 0.4) is 0 Å². The number of amides is 1. The Bertz CT molecular complexity index is 573. The monoisotopic (exact) mass is 313 g/mol.